The summed E-state index contributed by atoms with van der Waals surface area (Å²) in [6.45, 7) is 0.0901. The van der Waals surface area contributed by atoms with Gasteiger partial charge in [-0.25, -0.2) is 9.59 Å². The largest absolute Gasteiger partial charge is 0.480 e. The number of ether oxygens (including phenoxy) is 1. The molecule has 2 amide bonds. The lowest BCUT2D eigenvalue weighted by Gasteiger charge is -2.17. The third-order valence-corrected chi connectivity index (χ3v) is 5.22. The number of nitrogens with one attached hydrogen (secondary N) is 1. The Bertz CT molecular complexity index is 987. The normalized spacial score (nSPS) is 12.8. The first-order chi connectivity index (χ1) is 15.0. The van der Waals surface area contributed by atoms with Gasteiger partial charge in [-0.15, -0.1) is 0 Å². The van der Waals surface area contributed by atoms with Crippen molar-refractivity contribution in [1.29, 1.82) is 0 Å². The zero-order valence-electron chi connectivity index (χ0n) is 16.7. The summed E-state index contributed by atoms with van der Waals surface area (Å²) >= 11 is 0. The molecule has 2 aromatic rings. The highest BCUT2D eigenvalue weighted by Crippen LogP contribution is 2.44. The Morgan fingerprint density at radius 2 is 1.68 bits per heavy atom. The van der Waals surface area contributed by atoms with E-state index in [0.717, 1.165) is 22.3 Å². The predicted octanol–water partition coefficient (Wildman–Crippen LogP) is 4.38. The molecule has 0 fully saturated rings. The lowest BCUT2D eigenvalue weighted by molar-refractivity contribution is -0.139. The summed E-state index contributed by atoms with van der Waals surface area (Å²) in [6, 6.07) is 14.7. The van der Waals surface area contributed by atoms with Crippen molar-refractivity contribution in [3.8, 4) is 11.1 Å². The van der Waals surface area contributed by atoms with Crippen molar-refractivity contribution >= 4 is 18.0 Å². The smallest absolute Gasteiger partial charge is 0.407 e. The van der Waals surface area contributed by atoms with Gasteiger partial charge >= 0.3 is 12.1 Å². The number of hydrogen-bond donors (Lipinski definition) is 2. The van der Waals surface area contributed by atoms with Crippen LogP contribution in [0.1, 0.15) is 42.7 Å². The monoisotopic (exact) mass is 422 g/mol. The summed E-state index contributed by atoms with van der Waals surface area (Å²) in [7, 11) is 0. The Balaban J connectivity index is 1.54. The molecule has 0 radical (unpaired) electrons. The first kappa shape index (κ1) is 21.9. The second-order valence-electron chi connectivity index (χ2n) is 7.19. The lowest BCUT2D eigenvalue weighted by Crippen LogP contribution is -2.41. The van der Waals surface area contributed by atoms with Gasteiger partial charge in [-0.3, -0.25) is 4.79 Å². The van der Waals surface area contributed by atoms with Crippen molar-refractivity contribution in [3.05, 3.63) is 70.1 Å². The van der Waals surface area contributed by atoms with E-state index in [2.05, 4.69) is 15.3 Å². The summed E-state index contributed by atoms with van der Waals surface area (Å²) in [6.07, 6.45) is 0.0746. The number of carbonyl (C=O) groups excluding carboxylic acids is 2. The molecule has 0 heterocycles. The Morgan fingerprint density at radius 1 is 1.06 bits per heavy atom. The third kappa shape index (κ3) is 5.40. The quantitative estimate of drug-likeness (QED) is 0.267. The summed E-state index contributed by atoms with van der Waals surface area (Å²) in [5.41, 5.74) is 12.5. The number of carboxylic acids is 1. The van der Waals surface area contributed by atoms with Crippen LogP contribution in [0.5, 0.6) is 0 Å². The molecule has 1 aliphatic carbocycles. The van der Waals surface area contributed by atoms with Gasteiger partial charge in [0.2, 0.25) is 5.91 Å². The molecule has 0 bridgehead atoms. The number of azide groups is 1. The van der Waals surface area contributed by atoms with Crippen LogP contribution in [0.2, 0.25) is 0 Å². The number of alkyl carbamates (subject to hydrolysis) is 1. The van der Waals surface area contributed by atoms with E-state index in [9.17, 15) is 19.5 Å². The molecule has 9 nitrogen and oxygen atoms in total. The molecular weight excluding hydrogens is 400 g/mol. The van der Waals surface area contributed by atoms with E-state index in [1.54, 1.807) is 0 Å². The maximum atomic E-state index is 12.3. The molecule has 1 atom stereocenters. The highest BCUT2D eigenvalue weighted by atomic mass is 16.5. The number of nitrogens with zero attached hydrogens (tertiary/aromatic N) is 3. The predicted molar refractivity (Wildman–Crippen MR) is 112 cm³/mol. The summed E-state index contributed by atoms with van der Waals surface area (Å²) in [4.78, 5) is 37.3. The van der Waals surface area contributed by atoms with Gasteiger partial charge in [0, 0.05) is 17.3 Å². The fourth-order valence-corrected chi connectivity index (χ4v) is 3.76. The van der Waals surface area contributed by atoms with Crippen LogP contribution in [0.15, 0.2) is 53.6 Å². The minimum Gasteiger partial charge on any atom is -0.480 e. The second-order valence-corrected chi connectivity index (χ2v) is 7.19. The van der Waals surface area contributed by atoms with Crippen molar-refractivity contribution in [2.24, 2.45) is 5.11 Å². The van der Waals surface area contributed by atoms with Gasteiger partial charge in [-0.1, -0.05) is 55.0 Å². The number of carbonyl (C=O) groups is 3. The number of amides is 2. The Hall–Kier alpha value is -3.84. The first-order valence-corrected chi connectivity index (χ1v) is 9.93. The average molecular weight is 422 g/mol. The second kappa shape index (κ2) is 10.3. The molecule has 0 aliphatic heterocycles. The number of aliphatic carboxylic acids is 1. The minimum absolute atomic E-state index is 0.0291. The van der Waals surface area contributed by atoms with Crippen molar-refractivity contribution in [2.75, 3.05) is 6.61 Å². The number of carboxylic acid groups (broad SMARTS) is 1. The van der Waals surface area contributed by atoms with Crippen LogP contribution in [0, 0.1) is 0 Å². The van der Waals surface area contributed by atoms with Gasteiger partial charge in [0.05, 0.1) is 0 Å². The molecule has 1 aliphatic rings. The number of benzene rings is 2. The molecule has 0 saturated carbocycles. The van der Waals surface area contributed by atoms with E-state index in [1.807, 2.05) is 48.5 Å². The standard InChI is InChI=1S/C22H22N4O5/c23-26-25-20(27)12-6-5-11-19(21(28)29)24-22(30)31-13-18-16-9-3-1-7-14(16)15-8-2-4-10-17(15)18/h1-4,7-10,18-19H,5-6,11-13H2,(H,24,30)(H,28,29)/t19-/m0/s1. The fourth-order valence-electron chi connectivity index (χ4n) is 3.76. The van der Waals surface area contributed by atoms with Crippen LogP contribution in [0.3, 0.4) is 0 Å². The van der Waals surface area contributed by atoms with E-state index in [-0.39, 0.29) is 25.4 Å². The number of fused-ring (bicyclic) bond motifs is 3. The maximum absolute atomic E-state index is 12.3. The molecule has 0 aromatic heterocycles. The van der Waals surface area contributed by atoms with Crippen LogP contribution in [0.4, 0.5) is 4.79 Å². The van der Waals surface area contributed by atoms with Gasteiger partial charge in [-0.05, 0) is 45.7 Å². The van der Waals surface area contributed by atoms with Crippen LogP contribution in [0.25, 0.3) is 21.6 Å². The van der Waals surface area contributed by atoms with Crippen molar-refractivity contribution < 1.29 is 24.2 Å². The Kier molecular flexibility index (Phi) is 7.24. The van der Waals surface area contributed by atoms with Gasteiger partial charge < -0.3 is 15.2 Å². The molecule has 2 aromatic carbocycles. The SMILES string of the molecule is [N-]=[N+]=NC(=O)CCCC[C@H](NC(=O)OCC1c2ccccc2-c2ccccc21)C(=O)O. The lowest BCUT2D eigenvalue weighted by atomic mass is 9.98. The zero-order valence-corrected chi connectivity index (χ0v) is 16.7. The average Bonchev–Trinajstić information content (AvgIpc) is 3.08. The maximum Gasteiger partial charge on any atom is 0.407 e. The molecule has 0 saturated heterocycles. The zero-order chi connectivity index (χ0) is 22.2. The van der Waals surface area contributed by atoms with Crippen LogP contribution in [-0.2, 0) is 14.3 Å². The topological polar surface area (TPSA) is 141 Å². The number of hydrogen-bond acceptors (Lipinski definition) is 4. The minimum atomic E-state index is -1.19. The summed E-state index contributed by atoms with van der Waals surface area (Å²) in [5.74, 6) is -1.90. The van der Waals surface area contributed by atoms with Crippen molar-refractivity contribution in [2.45, 2.75) is 37.6 Å². The Morgan fingerprint density at radius 3 is 2.26 bits per heavy atom. The molecule has 31 heavy (non-hydrogen) atoms. The van der Waals surface area contributed by atoms with Crippen LogP contribution >= 0.6 is 0 Å². The van der Waals surface area contributed by atoms with E-state index in [4.69, 9.17) is 10.3 Å². The molecule has 0 unspecified atom stereocenters. The van der Waals surface area contributed by atoms with Crippen LogP contribution in [-0.4, -0.2) is 35.7 Å². The van der Waals surface area contributed by atoms with Gasteiger partial charge in [0.1, 0.15) is 12.6 Å². The third-order valence-electron chi connectivity index (χ3n) is 5.22. The number of unbranched alkanes of at least 4 members (excludes halogenated alkanes) is 1. The molecule has 9 heteroatoms. The van der Waals surface area contributed by atoms with Gasteiger partial charge in [0.25, 0.3) is 0 Å². The summed E-state index contributed by atoms with van der Waals surface area (Å²) in [5, 5.41) is 14.7. The van der Waals surface area contributed by atoms with Gasteiger partial charge in [-0.2, -0.15) is 0 Å². The van der Waals surface area contributed by atoms with Crippen LogP contribution < -0.4 is 5.32 Å². The number of rotatable bonds is 9. The molecule has 0 spiro atoms. The van der Waals surface area contributed by atoms with Gasteiger partial charge in [0.15, 0.2) is 0 Å². The molecule has 3 rings (SSSR count). The van der Waals surface area contributed by atoms with E-state index < -0.39 is 24.0 Å². The van der Waals surface area contributed by atoms with E-state index in [0.29, 0.717) is 12.8 Å². The van der Waals surface area contributed by atoms with Crippen molar-refractivity contribution in [3.63, 3.8) is 0 Å². The Labute approximate surface area is 178 Å². The molecule has 2 N–H and O–H groups in total. The molecular formula is C22H22N4O5. The van der Waals surface area contributed by atoms with E-state index in [1.165, 1.54) is 0 Å². The van der Waals surface area contributed by atoms with E-state index >= 15 is 0 Å². The highest BCUT2D eigenvalue weighted by Gasteiger charge is 2.29. The summed E-state index contributed by atoms with van der Waals surface area (Å²) < 4.78 is 5.37. The highest BCUT2D eigenvalue weighted by molar-refractivity contribution is 5.81. The first-order valence-electron chi connectivity index (χ1n) is 9.93. The molecule has 160 valence electrons. The fraction of sp³-hybridized carbons (Fsp3) is 0.318. The van der Waals surface area contributed by atoms with Crippen molar-refractivity contribution in [1.82, 2.24) is 5.32 Å².